The molecule has 0 aliphatic carbocycles. The molecule has 0 saturated carbocycles. The molecule has 13 heteroatoms. The Morgan fingerprint density at radius 1 is 0.719 bits per heavy atom. The van der Waals surface area contributed by atoms with E-state index in [1.165, 1.54) is 0 Å². The summed E-state index contributed by atoms with van der Waals surface area (Å²) in [5, 5.41) is 0. The van der Waals surface area contributed by atoms with Crippen molar-refractivity contribution in [3.05, 3.63) is 17.6 Å². The van der Waals surface area contributed by atoms with E-state index >= 15 is 0 Å². The average molecular weight is 444 g/mol. The summed E-state index contributed by atoms with van der Waals surface area (Å²) in [5.41, 5.74) is 31.7. The highest BCUT2D eigenvalue weighted by atomic mass is 15.5. The lowest BCUT2D eigenvalue weighted by atomic mass is 10.0. The van der Waals surface area contributed by atoms with Gasteiger partial charge in [0.15, 0.2) is 0 Å². The summed E-state index contributed by atoms with van der Waals surface area (Å²) in [6.45, 7) is 6.22. The van der Waals surface area contributed by atoms with Crippen LogP contribution in [0.5, 0.6) is 0 Å². The van der Waals surface area contributed by atoms with Gasteiger partial charge in [-0.05, 0) is 26.7 Å². The Morgan fingerprint density at radius 2 is 1.22 bits per heavy atom. The average Bonchev–Trinajstić information content (AvgIpc) is 2.70. The number of piperidine rings is 2. The summed E-state index contributed by atoms with van der Waals surface area (Å²) >= 11 is 0. The van der Waals surface area contributed by atoms with Crippen LogP contribution in [-0.2, 0) is 0 Å². The molecule has 174 valence electrons. The number of nitrogens with two attached hydrogens (primary N) is 4. The van der Waals surface area contributed by atoms with Crippen LogP contribution in [0.3, 0.4) is 0 Å². The highest BCUT2D eigenvalue weighted by Crippen LogP contribution is 2.22. The molecule has 2 saturated heterocycles. The quantitative estimate of drug-likeness (QED) is 0.290. The maximum Gasteiger partial charge on any atom is 0.248 e. The molecule has 2 aliphatic rings. The molecule has 2 aromatic rings. The number of hydrazine groups is 1. The molecule has 13 nitrogen and oxygen atoms in total. The molecule has 0 spiro atoms. The van der Waals surface area contributed by atoms with Crippen molar-refractivity contribution in [2.24, 2.45) is 22.9 Å². The van der Waals surface area contributed by atoms with E-state index in [9.17, 15) is 0 Å². The smallest absolute Gasteiger partial charge is 0.248 e. The van der Waals surface area contributed by atoms with Gasteiger partial charge in [-0.3, -0.25) is 10.9 Å². The standard InChI is InChI=1S/C19H33N13/c1-10-3-16(25-11(2)24-10)29-30-17-26-18(31-6-12(20)4-13(21)7-31)28-19(27-17)32-8-14(22)5-15(23)9-32/h3,12-15H,4-9,20-23H2,1-2H3,(H,24,25,29)(H,26,27,28,30). The van der Waals surface area contributed by atoms with Crippen LogP contribution in [0.2, 0.25) is 0 Å². The Bertz CT molecular complexity index is 853. The van der Waals surface area contributed by atoms with Crippen LogP contribution in [0.15, 0.2) is 6.07 Å². The van der Waals surface area contributed by atoms with Gasteiger partial charge < -0.3 is 32.7 Å². The predicted molar refractivity (Wildman–Crippen MR) is 124 cm³/mol. The zero-order valence-corrected chi connectivity index (χ0v) is 18.6. The second-order valence-corrected chi connectivity index (χ2v) is 8.77. The minimum absolute atomic E-state index is 0.0442. The third-order valence-electron chi connectivity index (χ3n) is 5.48. The summed E-state index contributed by atoms with van der Waals surface area (Å²) in [5.74, 6) is 2.64. The van der Waals surface area contributed by atoms with Crippen LogP contribution >= 0.6 is 0 Å². The van der Waals surface area contributed by atoms with E-state index < -0.39 is 0 Å². The number of rotatable bonds is 5. The first-order valence-corrected chi connectivity index (χ1v) is 10.9. The van der Waals surface area contributed by atoms with Gasteiger partial charge in [-0.25, -0.2) is 9.97 Å². The molecule has 32 heavy (non-hydrogen) atoms. The number of nitrogens with zero attached hydrogens (tertiary/aromatic N) is 7. The zero-order chi connectivity index (χ0) is 22.8. The van der Waals surface area contributed by atoms with Gasteiger partial charge in [0.2, 0.25) is 17.8 Å². The zero-order valence-electron chi connectivity index (χ0n) is 18.6. The van der Waals surface area contributed by atoms with Gasteiger partial charge in [0.05, 0.1) is 0 Å². The molecule has 0 aromatic carbocycles. The van der Waals surface area contributed by atoms with E-state index in [0.29, 0.717) is 55.7 Å². The molecule has 0 bridgehead atoms. The van der Waals surface area contributed by atoms with Gasteiger partial charge >= 0.3 is 0 Å². The van der Waals surface area contributed by atoms with Gasteiger partial charge in [-0.2, -0.15) is 15.0 Å². The van der Waals surface area contributed by atoms with E-state index in [1.807, 2.05) is 29.7 Å². The molecule has 4 atom stereocenters. The number of aromatic nitrogens is 5. The van der Waals surface area contributed by atoms with Crippen molar-refractivity contribution in [1.29, 1.82) is 0 Å². The first-order chi connectivity index (χ1) is 15.2. The minimum Gasteiger partial charge on any atom is -0.338 e. The second-order valence-electron chi connectivity index (χ2n) is 8.77. The number of hydrogen-bond donors (Lipinski definition) is 6. The van der Waals surface area contributed by atoms with Crippen LogP contribution in [0.1, 0.15) is 24.4 Å². The molecule has 4 rings (SSSR count). The van der Waals surface area contributed by atoms with Crippen molar-refractivity contribution in [3.8, 4) is 0 Å². The Hall–Kier alpha value is -2.87. The topological polar surface area (TPSA) is 199 Å². The Morgan fingerprint density at radius 3 is 1.69 bits per heavy atom. The predicted octanol–water partition coefficient (Wildman–Crippen LogP) is -1.55. The van der Waals surface area contributed by atoms with Crippen LogP contribution in [-0.4, -0.2) is 75.3 Å². The fourth-order valence-electron chi connectivity index (χ4n) is 4.28. The van der Waals surface area contributed by atoms with Crippen molar-refractivity contribution in [2.75, 3.05) is 46.8 Å². The first kappa shape index (κ1) is 22.3. The van der Waals surface area contributed by atoms with E-state index in [1.54, 1.807) is 0 Å². The summed E-state index contributed by atoms with van der Waals surface area (Å²) in [6.07, 6.45) is 1.53. The number of nitrogens with one attached hydrogen (secondary N) is 2. The van der Waals surface area contributed by atoms with Crippen molar-refractivity contribution < 1.29 is 0 Å². The van der Waals surface area contributed by atoms with E-state index in [4.69, 9.17) is 27.9 Å². The molecule has 10 N–H and O–H groups in total. The molecule has 4 unspecified atom stereocenters. The minimum atomic E-state index is -0.0442. The summed E-state index contributed by atoms with van der Waals surface area (Å²) in [7, 11) is 0. The third kappa shape index (κ3) is 5.48. The van der Waals surface area contributed by atoms with Gasteiger partial charge in [-0.1, -0.05) is 0 Å². The van der Waals surface area contributed by atoms with Gasteiger partial charge in [-0.15, -0.1) is 0 Å². The number of hydrogen-bond acceptors (Lipinski definition) is 13. The highest BCUT2D eigenvalue weighted by molar-refractivity contribution is 5.49. The number of anilines is 4. The van der Waals surface area contributed by atoms with Crippen molar-refractivity contribution in [1.82, 2.24) is 24.9 Å². The van der Waals surface area contributed by atoms with Crippen molar-refractivity contribution in [2.45, 2.75) is 50.9 Å². The summed E-state index contributed by atoms with van der Waals surface area (Å²) in [6, 6.07) is 1.65. The summed E-state index contributed by atoms with van der Waals surface area (Å²) < 4.78 is 0. The molecule has 0 amide bonds. The van der Waals surface area contributed by atoms with Crippen molar-refractivity contribution >= 4 is 23.7 Å². The first-order valence-electron chi connectivity index (χ1n) is 10.9. The fourth-order valence-corrected chi connectivity index (χ4v) is 4.28. The van der Waals surface area contributed by atoms with Crippen LogP contribution in [0.4, 0.5) is 23.7 Å². The SMILES string of the molecule is Cc1cc(NNc2nc(N3CC(N)CC(N)C3)nc(N3CC(N)CC(N)C3)n2)nc(C)n1. The van der Waals surface area contributed by atoms with Crippen LogP contribution in [0.25, 0.3) is 0 Å². The van der Waals surface area contributed by atoms with Gasteiger partial charge in [0.1, 0.15) is 11.6 Å². The van der Waals surface area contributed by atoms with E-state index in [0.717, 1.165) is 18.5 Å². The monoisotopic (exact) mass is 443 g/mol. The van der Waals surface area contributed by atoms with E-state index in [2.05, 4.69) is 30.8 Å². The molecular formula is C19H33N13. The highest BCUT2D eigenvalue weighted by Gasteiger charge is 2.28. The lowest BCUT2D eigenvalue weighted by Gasteiger charge is -2.37. The maximum atomic E-state index is 6.19. The molecule has 2 fully saturated rings. The Balaban J connectivity index is 1.62. The van der Waals surface area contributed by atoms with Gasteiger partial charge in [0.25, 0.3) is 0 Å². The van der Waals surface area contributed by atoms with Crippen molar-refractivity contribution in [3.63, 3.8) is 0 Å². The lowest BCUT2D eigenvalue weighted by molar-refractivity contribution is 0.441. The molecule has 0 radical (unpaired) electrons. The van der Waals surface area contributed by atoms with Crippen LogP contribution in [0, 0.1) is 13.8 Å². The molecule has 4 heterocycles. The molecule has 2 aromatic heterocycles. The molecule has 2 aliphatic heterocycles. The Kier molecular flexibility index (Phi) is 6.50. The fraction of sp³-hybridized carbons (Fsp3) is 0.632. The Labute approximate surface area is 187 Å². The molecular weight excluding hydrogens is 410 g/mol. The normalized spacial score (nSPS) is 26.2. The van der Waals surface area contributed by atoms with Crippen LogP contribution < -0.4 is 43.6 Å². The number of aryl methyl sites for hydroxylation is 2. The maximum absolute atomic E-state index is 6.19. The summed E-state index contributed by atoms with van der Waals surface area (Å²) in [4.78, 5) is 26.6. The van der Waals surface area contributed by atoms with E-state index in [-0.39, 0.29) is 24.2 Å². The largest absolute Gasteiger partial charge is 0.338 e. The lowest BCUT2D eigenvalue weighted by Crippen LogP contribution is -2.54. The van der Waals surface area contributed by atoms with Gasteiger partial charge in [0, 0.05) is 62.1 Å². The second kappa shape index (κ2) is 9.32. The third-order valence-corrected chi connectivity index (χ3v) is 5.48.